The lowest BCUT2D eigenvalue weighted by atomic mass is 10.4. The van der Waals surface area contributed by atoms with Crippen LogP contribution in [0.1, 0.15) is 6.42 Å². The summed E-state index contributed by atoms with van der Waals surface area (Å²) in [6.45, 7) is 0.542. The van der Waals surface area contributed by atoms with Crippen molar-refractivity contribution in [1.82, 2.24) is 4.98 Å². The molecule has 1 saturated heterocycles. The highest BCUT2D eigenvalue weighted by molar-refractivity contribution is 14.1. The number of carbonyl (C=O) groups excluding carboxylic acids is 1. The van der Waals surface area contributed by atoms with Crippen LogP contribution in [0.3, 0.4) is 0 Å². The Labute approximate surface area is 114 Å². The molecule has 0 saturated carbocycles. The normalized spacial score (nSPS) is 21.1. The van der Waals surface area contributed by atoms with Crippen molar-refractivity contribution in [2.24, 2.45) is 0 Å². The number of aromatic nitrogens is 1. The van der Waals surface area contributed by atoms with E-state index >= 15 is 0 Å². The molecule has 1 aromatic rings. The van der Waals surface area contributed by atoms with Gasteiger partial charge in [-0.15, -0.1) is 11.6 Å². The fourth-order valence-electron chi connectivity index (χ4n) is 1.44. The van der Waals surface area contributed by atoms with Crippen LogP contribution in [-0.2, 0) is 4.79 Å². The molecule has 0 bridgehead atoms. The zero-order valence-corrected chi connectivity index (χ0v) is 12.1. The molecule has 0 spiro atoms. The molecule has 1 aliphatic heterocycles. The van der Waals surface area contributed by atoms with Gasteiger partial charge in [0, 0.05) is 16.5 Å². The number of anilines is 1. The molecule has 1 aliphatic rings. The van der Waals surface area contributed by atoms with Gasteiger partial charge in [-0.25, -0.2) is 4.98 Å². The number of hydrogen-bond donors (Lipinski definition) is 0. The van der Waals surface area contributed by atoms with Crippen molar-refractivity contribution in [3.8, 4) is 0 Å². The molecule has 80 valence electrons. The lowest BCUT2D eigenvalue weighted by Crippen LogP contribution is -2.25. The summed E-state index contributed by atoms with van der Waals surface area (Å²) in [4.78, 5) is 17.5. The molecule has 3 nitrogen and oxygen atoms in total. The minimum Gasteiger partial charge on any atom is -0.295 e. The van der Waals surface area contributed by atoms with Gasteiger partial charge in [-0.3, -0.25) is 9.69 Å². The van der Waals surface area contributed by atoms with Crippen LogP contribution in [0, 0.1) is 3.57 Å². The third-order valence-electron chi connectivity index (χ3n) is 2.14. The number of pyridine rings is 1. The fraction of sp³-hybridized carbons (Fsp3) is 0.333. The Morgan fingerprint density at radius 2 is 2.33 bits per heavy atom. The van der Waals surface area contributed by atoms with E-state index in [1.165, 1.54) is 0 Å². The summed E-state index contributed by atoms with van der Waals surface area (Å²) in [5.41, 5.74) is 0. The standard InChI is InChI=1S/C9H7BrClIN2O/c10-9-6(12)1-2-7(13-9)14-4-5(11)3-8(14)15/h1-2,5H,3-4H2. The van der Waals surface area contributed by atoms with Crippen LogP contribution < -0.4 is 4.90 Å². The highest BCUT2D eigenvalue weighted by Crippen LogP contribution is 2.25. The molecule has 6 heteroatoms. The summed E-state index contributed by atoms with van der Waals surface area (Å²) in [5.74, 6) is 0.700. The molecule has 1 atom stereocenters. The third kappa shape index (κ3) is 2.45. The van der Waals surface area contributed by atoms with Gasteiger partial charge in [0.2, 0.25) is 5.91 Å². The van der Waals surface area contributed by atoms with Crippen molar-refractivity contribution < 1.29 is 4.79 Å². The van der Waals surface area contributed by atoms with Crippen molar-refractivity contribution >= 4 is 61.8 Å². The minimum absolute atomic E-state index is 0.0376. The third-order valence-corrected chi connectivity index (χ3v) is 4.65. The quantitative estimate of drug-likeness (QED) is 0.412. The van der Waals surface area contributed by atoms with Gasteiger partial charge in [0.1, 0.15) is 10.4 Å². The van der Waals surface area contributed by atoms with Gasteiger partial charge in [0.25, 0.3) is 0 Å². The SMILES string of the molecule is O=C1CC(Cl)CN1c1ccc(I)c(Br)n1. The summed E-state index contributed by atoms with van der Waals surface area (Å²) >= 11 is 11.4. The Morgan fingerprint density at radius 3 is 2.87 bits per heavy atom. The van der Waals surface area contributed by atoms with Crippen molar-refractivity contribution in [2.75, 3.05) is 11.4 Å². The highest BCUT2D eigenvalue weighted by Gasteiger charge is 2.30. The Kier molecular flexibility index (Phi) is 3.52. The van der Waals surface area contributed by atoms with Gasteiger partial charge >= 0.3 is 0 Å². The van der Waals surface area contributed by atoms with Crippen molar-refractivity contribution in [1.29, 1.82) is 0 Å². The second-order valence-electron chi connectivity index (χ2n) is 3.25. The number of halogens is 3. The molecule has 1 amide bonds. The number of alkyl halides is 1. The van der Waals surface area contributed by atoms with Crippen LogP contribution in [0.25, 0.3) is 0 Å². The topological polar surface area (TPSA) is 33.2 Å². The van der Waals surface area contributed by atoms with E-state index in [0.29, 0.717) is 18.8 Å². The van der Waals surface area contributed by atoms with Gasteiger partial charge in [0.05, 0.1) is 5.38 Å². The Morgan fingerprint density at radius 1 is 1.60 bits per heavy atom. The van der Waals surface area contributed by atoms with E-state index in [-0.39, 0.29) is 11.3 Å². The zero-order chi connectivity index (χ0) is 11.0. The van der Waals surface area contributed by atoms with Crippen LogP contribution in [0.4, 0.5) is 5.82 Å². The molecule has 0 radical (unpaired) electrons. The van der Waals surface area contributed by atoms with Crippen molar-refractivity contribution in [3.63, 3.8) is 0 Å². The number of nitrogens with zero attached hydrogens (tertiary/aromatic N) is 2. The molecule has 2 heterocycles. The smallest absolute Gasteiger partial charge is 0.229 e. The largest absolute Gasteiger partial charge is 0.295 e. The van der Waals surface area contributed by atoms with Crippen molar-refractivity contribution in [3.05, 3.63) is 20.3 Å². The average molecular weight is 401 g/mol. The van der Waals surface area contributed by atoms with Crippen LogP contribution in [0.5, 0.6) is 0 Å². The van der Waals surface area contributed by atoms with Crippen LogP contribution >= 0.6 is 50.1 Å². The number of amides is 1. The molecule has 15 heavy (non-hydrogen) atoms. The Balaban J connectivity index is 2.30. The number of rotatable bonds is 1. The Bertz CT molecular complexity index is 415. The average Bonchev–Trinajstić information content (AvgIpc) is 2.50. The maximum Gasteiger partial charge on any atom is 0.229 e. The molecule has 1 unspecified atom stereocenters. The van der Waals surface area contributed by atoms with Crippen molar-refractivity contribution in [2.45, 2.75) is 11.8 Å². The maximum atomic E-state index is 11.6. The predicted octanol–water partition coefficient (Wildman–Crippen LogP) is 2.79. The monoisotopic (exact) mass is 400 g/mol. The highest BCUT2D eigenvalue weighted by atomic mass is 127. The summed E-state index contributed by atoms with van der Waals surface area (Å²) < 4.78 is 1.77. The minimum atomic E-state index is -0.0997. The predicted molar refractivity (Wildman–Crippen MR) is 71.3 cm³/mol. The first kappa shape index (κ1) is 11.6. The summed E-state index contributed by atoms with van der Waals surface area (Å²) in [5, 5.41) is -0.0997. The first-order valence-electron chi connectivity index (χ1n) is 4.34. The fourth-order valence-corrected chi connectivity index (χ4v) is 2.33. The molecule has 1 aromatic heterocycles. The second-order valence-corrected chi connectivity index (χ2v) is 5.78. The van der Waals surface area contributed by atoms with Crippen LogP contribution in [-0.4, -0.2) is 22.8 Å². The van der Waals surface area contributed by atoms with E-state index in [2.05, 4.69) is 43.5 Å². The molecule has 1 fully saturated rings. The van der Waals surface area contributed by atoms with E-state index < -0.39 is 0 Å². The van der Waals surface area contributed by atoms with Gasteiger partial charge in [0.15, 0.2) is 0 Å². The molecular weight excluding hydrogens is 394 g/mol. The van der Waals surface area contributed by atoms with E-state index in [9.17, 15) is 4.79 Å². The number of hydrogen-bond acceptors (Lipinski definition) is 2. The van der Waals surface area contributed by atoms with Gasteiger partial charge in [-0.05, 0) is 50.7 Å². The second kappa shape index (κ2) is 4.55. The zero-order valence-electron chi connectivity index (χ0n) is 7.58. The first-order chi connectivity index (χ1) is 7.08. The summed E-state index contributed by atoms with van der Waals surface area (Å²) in [7, 11) is 0. The maximum absolute atomic E-state index is 11.6. The van der Waals surface area contributed by atoms with E-state index in [1.807, 2.05) is 12.1 Å². The first-order valence-corrected chi connectivity index (χ1v) is 6.65. The molecule has 0 N–H and O–H groups in total. The number of carbonyl (C=O) groups is 1. The lowest BCUT2D eigenvalue weighted by molar-refractivity contribution is -0.117. The molecule has 0 aliphatic carbocycles. The van der Waals surface area contributed by atoms with Gasteiger partial charge in [-0.2, -0.15) is 0 Å². The van der Waals surface area contributed by atoms with E-state index in [1.54, 1.807) is 4.90 Å². The lowest BCUT2D eigenvalue weighted by Gasteiger charge is -2.14. The Hall–Kier alpha value is 0.120. The molecular formula is C9H7BrClIN2O. The van der Waals surface area contributed by atoms with Gasteiger partial charge < -0.3 is 0 Å². The van der Waals surface area contributed by atoms with E-state index in [4.69, 9.17) is 11.6 Å². The van der Waals surface area contributed by atoms with E-state index in [0.717, 1.165) is 8.17 Å². The van der Waals surface area contributed by atoms with Gasteiger partial charge in [-0.1, -0.05) is 0 Å². The molecule has 0 aromatic carbocycles. The summed E-state index contributed by atoms with van der Waals surface area (Å²) in [6.07, 6.45) is 0.396. The van der Waals surface area contributed by atoms with Crippen LogP contribution in [0.15, 0.2) is 16.7 Å². The molecule has 2 rings (SSSR count). The summed E-state index contributed by atoms with van der Waals surface area (Å²) in [6, 6.07) is 3.75. The van der Waals surface area contributed by atoms with Crippen LogP contribution in [0.2, 0.25) is 0 Å².